The Morgan fingerprint density at radius 3 is 2.70 bits per heavy atom. The quantitative estimate of drug-likeness (QED) is 0.891. The fourth-order valence-corrected chi connectivity index (χ4v) is 4.23. The molecule has 1 aromatic rings. The summed E-state index contributed by atoms with van der Waals surface area (Å²) >= 11 is 1.88. The first-order valence-corrected chi connectivity index (χ1v) is 8.28. The number of nitrogens with zero attached hydrogens (tertiary/aromatic N) is 1. The third kappa shape index (κ3) is 2.80. The van der Waals surface area contributed by atoms with Gasteiger partial charge in [0, 0.05) is 18.0 Å². The number of rotatable bonds is 2. The zero-order chi connectivity index (χ0) is 14.0. The number of amidine groups is 1. The topological polar surface area (TPSA) is 33.6 Å². The van der Waals surface area contributed by atoms with Crippen LogP contribution < -0.4 is 10.1 Å². The van der Waals surface area contributed by atoms with Gasteiger partial charge in [-0.2, -0.15) is 0 Å². The fraction of sp³-hybridized carbons (Fsp3) is 0.562. The van der Waals surface area contributed by atoms with E-state index in [0.29, 0.717) is 5.41 Å². The maximum Gasteiger partial charge on any atom is 0.161 e. The van der Waals surface area contributed by atoms with Crippen LogP contribution in [0.4, 0.5) is 5.69 Å². The highest BCUT2D eigenvalue weighted by Crippen LogP contribution is 2.43. The van der Waals surface area contributed by atoms with Crippen LogP contribution in [0.1, 0.15) is 31.2 Å². The lowest BCUT2D eigenvalue weighted by Crippen LogP contribution is -2.30. The van der Waals surface area contributed by atoms with Crippen molar-refractivity contribution < 1.29 is 4.74 Å². The van der Waals surface area contributed by atoms with Crippen molar-refractivity contribution in [2.75, 3.05) is 24.7 Å². The van der Waals surface area contributed by atoms with Crippen molar-refractivity contribution in [3.8, 4) is 5.75 Å². The lowest BCUT2D eigenvalue weighted by molar-refractivity contribution is 0.359. The molecule has 0 unspecified atom stereocenters. The van der Waals surface area contributed by atoms with Gasteiger partial charge in [0.15, 0.2) is 5.17 Å². The number of benzene rings is 1. The van der Waals surface area contributed by atoms with Gasteiger partial charge in [0.2, 0.25) is 0 Å². The van der Waals surface area contributed by atoms with Crippen molar-refractivity contribution >= 4 is 22.6 Å². The number of aliphatic imine (C=N–C) groups is 1. The average Bonchev–Trinajstić information content (AvgIpc) is 2.92. The van der Waals surface area contributed by atoms with Crippen LogP contribution in [0.25, 0.3) is 0 Å². The summed E-state index contributed by atoms with van der Waals surface area (Å²) in [5.41, 5.74) is 2.82. The van der Waals surface area contributed by atoms with E-state index >= 15 is 0 Å². The Morgan fingerprint density at radius 1 is 1.30 bits per heavy atom. The first-order chi connectivity index (χ1) is 9.71. The normalized spacial score (nSPS) is 20.8. The van der Waals surface area contributed by atoms with E-state index < -0.39 is 0 Å². The molecule has 1 aliphatic heterocycles. The largest absolute Gasteiger partial charge is 0.497 e. The minimum atomic E-state index is 0.505. The number of nitrogens with one attached hydrogen (secondary N) is 1. The number of anilines is 1. The molecule has 4 heteroatoms. The second kappa shape index (κ2) is 5.68. The molecule has 20 heavy (non-hydrogen) atoms. The Kier molecular flexibility index (Phi) is 3.92. The highest BCUT2D eigenvalue weighted by molar-refractivity contribution is 8.14. The zero-order valence-electron chi connectivity index (χ0n) is 12.2. The Labute approximate surface area is 125 Å². The molecule has 1 spiro atoms. The maximum atomic E-state index is 5.24. The molecule has 1 fully saturated rings. The third-order valence-corrected chi connectivity index (χ3v) is 5.67. The summed E-state index contributed by atoms with van der Waals surface area (Å²) in [5.74, 6) is 2.12. The van der Waals surface area contributed by atoms with Crippen LogP contribution in [0.15, 0.2) is 23.2 Å². The van der Waals surface area contributed by atoms with E-state index in [-0.39, 0.29) is 0 Å². The molecular weight excluding hydrogens is 268 g/mol. The van der Waals surface area contributed by atoms with Crippen molar-refractivity contribution in [1.82, 2.24) is 0 Å². The summed E-state index contributed by atoms with van der Waals surface area (Å²) in [6, 6.07) is 6.11. The van der Waals surface area contributed by atoms with Gasteiger partial charge in [0.25, 0.3) is 0 Å². The molecule has 3 nitrogen and oxygen atoms in total. The molecule has 0 amide bonds. The average molecular weight is 290 g/mol. The van der Waals surface area contributed by atoms with Crippen molar-refractivity contribution in [1.29, 1.82) is 0 Å². The molecule has 1 saturated carbocycles. The molecule has 0 bridgehead atoms. The van der Waals surface area contributed by atoms with E-state index in [2.05, 4.69) is 24.4 Å². The number of aryl methyl sites for hydroxylation is 1. The highest BCUT2D eigenvalue weighted by atomic mass is 32.2. The van der Waals surface area contributed by atoms with Gasteiger partial charge in [-0.1, -0.05) is 24.6 Å². The molecule has 0 saturated heterocycles. The van der Waals surface area contributed by atoms with Crippen LogP contribution in [0.2, 0.25) is 0 Å². The molecular formula is C16H22N2OS. The Balaban J connectivity index is 1.68. The molecule has 1 N–H and O–H groups in total. The van der Waals surface area contributed by atoms with Gasteiger partial charge in [-0.05, 0) is 48.9 Å². The Morgan fingerprint density at radius 2 is 2.10 bits per heavy atom. The van der Waals surface area contributed by atoms with Gasteiger partial charge in [-0.25, -0.2) is 0 Å². The first-order valence-electron chi connectivity index (χ1n) is 7.30. The summed E-state index contributed by atoms with van der Waals surface area (Å²) < 4.78 is 5.24. The standard InChI is InChI=1S/C16H22N2OS/c1-12-9-13(19-2)5-6-14(12)18-15-17-10-16(11-20-15)7-3-4-8-16/h5-6,9H,3-4,7-8,10-11H2,1-2H3,(H,17,18). The number of hydrogen-bond acceptors (Lipinski definition) is 4. The van der Waals surface area contributed by atoms with Gasteiger partial charge < -0.3 is 10.1 Å². The second-order valence-corrected chi connectivity index (χ2v) is 6.89. The highest BCUT2D eigenvalue weighted by Gasteiger charge is 2.36. The van der Waals surface area contributed by atoms with Crippen LogP contribution >= 0.6 is 11.8 Å². The predicted molar refractivity (Wildman–Crippen MR) is 87.0 cm³/mol. The van der Waals surface area contributed by atoms with Crippen LogP contribution in [0, 0.1) is 12.3 Å². The Hall–Kier alpha value is -1.16. The van der Waals surface area contributed by atoms with Crippen molar-refractivity contribution in [2.45, 2.75) is 32.6 Å². The fourth-order valence-electron chi connectivity index (χ4n) is 3.07. The molecule has 1 aliphatic carbocycles. The summed E-state index contributed by atoms with van der Waals surface area (Å²) in [6.45, 7) is 3.09. The van der Waals surface area contributed by atoms with Crippen LogP contribution in [-0.4, -0.2) is 24.6 Å². The molecule has 1 heterocycles. The first kappa shape index (κ1) is 13.8. The molecule has 0 aromatic heterocycles. The minimum Gasteiger partial charge on any atom is -0.497 e. The molecule has 1 aromatic carbocycles. The summed E-state index contributed by atoms with van der Waals surface area (Å²) in [5, 5.41) is 4.53. The molecule has 0 atom stereocenters. The van der Waals surface area contributed by atoms with E-state index in [1.54, 1.807) is 7.11 Å². The van der Waals surface area contributed by atoms with E-state index in [4.69, 9.17) is 9.73 Å². The van der Waals surface area contributed by atoms with Gasteiger partial charge in [-0.3, -0.25) is 4.99 Å². The van der Waals surface area contributed by atoms with E-state index in [1.165, 1.54) is 37.0 Å². The van der Waals surface area contributed by atoms with E-state index in [0.717, 1.165) is 23.1 Å². The lowest BCUT2D eigenvalue weighted by atomic mass is 9.89. The number of hydrogen-bond donors (Lipinski definition) is 1. The minimum absolute atomic E-state index is 0.505. The van der Waals surface area contributed by atoms with Crippen LogP contribution in [0.5, 0.6) is 5.75 Å². The smallest absolute Gasteiger partial charge is 0.161 e. The second-order valence-electron chi connectivity index (χ2n) is 5.92. The summed E-state index contributed by atoms with van der Waals surface area (Å²) in [7, 11) is 1.70. The van der Waals surface area contributed by atoms with E-state index in [9.17, 15) is 0 Å². The molecule has 108 valence electrons. The van der Waals surface area contributed by atoms with Crippen LogP contribution in [0.3, 0.4) is 0 Å². The lowest BCUT2D eigenvalue weighted by Gasteiger charge is -2.31. The summed E-state index contributed by atoms with van der Waals surface area (Å²) in [4.78, 5) is 4.78. The van der Waals surface area contributed by atoms with Gasteiger partial charge in [0.1, 0.15) is 5.75 Å². The van der Waals surface area contributed by atoms with Crippen molar-refractivity contribution in [3.05, 3.63) is 23.8 Å². The van der Waals surface area contributed by atoms with Crippen LogP contribution in [-0.2, 0) is 0 Å². The van der Waals surface area contributed by atoms with Gasteiger partial charge in [-0.15, -0.1) is 0 Å². The predicted octanol–water partition coefficient (Wildman–Crippen LogP) is 4.08. The zero-order valence-corrected chi connectivity index (χ0v) is 13.1. The van der Waals surface area contributed by atoms with Crippen molar-refractivity contribution in [2.24, 2.45) is 10.4 Å². The monoisotopic (exact) mass is 290 g/mol. The number of thioether (sulfide) groups is 1. The Bertz CT molecular complexity index is 521. The van der Waals surface area contributed by atoms with E-state index in [1.807, 2.05) is 17.8 Å². The van der Waals surface area contributed by atoms with Gasteiger partial charge >= 0.3 is 0 Å². The summed E-state index contributed by atoms with van der Waals surface area (Å²) in [6.07, 6.45) is 5.49. The maximum absolute atomic E-state index is 5.24. The number of ether oxygens (including phenoxy) is 1. The molecule has 2 aliphatic rings. The molecule has 3 rings (SSSR count). The molecule has 0 radical (unpaired) electrons. The third-order valence-electron chi connectivity index (χ3n) is 4.41. The van der Waals surface area contributed by atoms with Gasteiger partial charge in [0.05, 0.1) is 7.11 Å². The van der Waals surface area contributed by atoms with Crippen molar-refractivity contribution in [3.63, 3.8) is 0 Å². The number of methoxy groups -OCH3 is 1. The SMILES string of the molecule is COc1ccc(NC2=NCC3(CCCC3)CS2)c(C)c1.